The second-order valence-corrected chi connectivity index (χ2v) is 5.28. The lowest BCUT2D eigenvalue weighted by Gasteiger charge is -2.13. The zero-order chi connectivity index (χ0) is 15.4. The molecule has 0 saturated heterocycles. The molecule has 0 aliphatic rings. The van der Waals surface area contributed by atoms with Crippen molar-refractivity contribution in [3.8, 4) is 5.75 Å². The fraction of sp³-hybridized carbons (Fsp3) is 0.200. The summed E-state index contributed by atoms with van der Waals surface area (Å²) in [6, 6.07) is 7.63. The van der Waals surface area contributed by atoms with Crippen molar-refractivity contribution in [2.24, 2.45) is 0 Å². The van der Waals surface area contributed by atoms with E-state index in [1.807, 2.05) is 6.92 Å². The Bertz CT molecular complexity index is 627. The molecule has 0 aliphatic carbocycles. The number of hydrogen-bond acceptors (Lipinski definition) is 3. The molecule has 112 valence electrons. The normalized spacial score (nSPS) is 10.5. The molecule has 3 N–H and O–H groups in total. The summed E-state index contributed by atoms with van der Waals surface area (Å²) in [5.41, 5.74) is 7.53. The zero-order valence-corrected chi connectivity index (χ0v) is 12.9. The van der Waals surface area contributed by atoms with Crippen LogP contribution in [0.15, 0.2) is 30.3 Å². The molecule has 0 aromatic heterocycles. The third-order valence-corrected chi connectivity index (χ3v) is 3.35. The number of anilines is 3. The topological polar surface area (TPSA) is 47.3 Å². The number of nitrogens with two attached hydrogens (primary N) is 1. The Morgan fingerprint density at radius 2 is 1.86 bits per heavy atom. The van der Waals surface area contributed by atoms with Crippen LogP contribution in [0.5, 0.6) is 5.75 Å². The van der Waals surface area contributed by atoms with Crippen molar-refractivity contribution in [1.82, 2.24) is 0 Å². The van der Waals surface area contributed by atoms with E-state index in [2.05, 4.69) is 5.32 Å². The van der Waals surface area contributed by atoms with Crippen LogP contribution in [0.1, 0.15) is 13.3 Å². The van der Waals surface area contributed by atoms with Gasteiger partial charge in [0.1, 0.15) is 11.6 Å². The van der Waals surface area contributed by atoms with Gasteiger partial charge < -0.3 is 15.8 Å². The maximum atomic E-state index is 13.2. The summed E-state index contributed by atoms with van der Waals surface area (Å²) in [5.74, 6) is 0.0935. The third-order valence-electron chi connectivity index (χ3n) is 2.75. The first-order chi connectivity index (χ1) is 10.0. The molecule has 0 radical (unpaired) electrons. The summed E-state index contributed by atoms with van der Waals surface area (Å²) >= 11 is 12.0. The van der Waals surface area contributed by atoms with Gasteiger partial charge in [0.15, 0.2) is 0 Å². The Labute approximate surface area is 132 Å². The number of ether oxygens (including phenoxy) is 1. The van der Waals surface area contributed by atoms with E-state index >= 15 is 0 Å². The van der Waals surface area contributed by atoms with Crippen LogP contribution in [0.3, 0.4) is 0 Å². The molecule has 0 atom stereocenters. The highest BCUT2D eigenvalue weighted by Crippen LogP contribution is 2.35. The van der Waals surface area contributed by atoms with E-state index in [0.29, 0.717) is 29.4 Å². The second kappa shape index (κ2) is 6.87. The molecule has 0 amide bonds. The first-order valence-electron chi connectivity index (χ1n) is 6.45. The first-order valence-corrected chi connectivity index (χ1v) is 7.20. The van der Waals surface area contributed by atoms with Gasteiger partial charge in [-0.2, -0.15) is 0 Å². The van der Waals surface area contributed by atoms with Gasteiger partial charge in [0, 0.05) is 11.8 Å². The minimum absolute atomic E-state index is 0.202. The summed E-state index contributed by atoms with van der Waals surface area (Å²) in [5, 5.41) is 3.45. The van der Waals surface area contributed by atoms with Crippen LogP contribution in [-0.4, -0.2) is 6.61 Å². The van der Waals surface area contributed by atoms with Crippen molar-refractivity contribution in [3.63, 3.8) is 0 Å². The highest BCUT2D eigenvalue weighted by Gasteiger charge is 2.10. The zero-order valence-electron chi connectivity index (χ0n) is 11.4. The van der Waals surface area contributed by atoms with Gasteiger partial charge in [-0.3, -0.25) is 0 Å². The van der Waals surface area contributed by atoms with Gasteiger partial charge in [-0.25, -0.2) is 4.39 Å². The number of hydrogen-bond donors (Lipinski definition) is 2. The van der Waals surface area contributed by atoms with Crippen LogP contribution in [0.4, 0.5) is 21.5 Å². The van der Waals surface area contributed by atoms with Crippen molar-refractivity contribution in [2.45, 2.75) is 13.3 Å². The van der Waals surface area contributed by atoms with E-state index in [4.69, 9.17) is 33.7 Å². The first kappa shape index (κ1) is 15.7. The van der Waals surface area contributed by atoms with Gasteiger partial charge in [-0.05, 0) is 30.7 Å². The molecule has 0 aliphatic heterocycles. The highest BCUT2D eigenvalue weighted by atomic mass is 35.5. The van der Waals surface area contributed by atoms with E-state index in [1.54, 1.807) is 18.2 Å². The average molecular weight is 329 g/mol. The summed E-state index contributed by atoms with van der Waals surface area (Å²) < 4.78 is 18.7. The maximum Gasteiger partial charge on any atom is 0.144 e. The lowest BCUT2D eigenvalue weighted by atomic mass is 10.2. The molecule has 0 spiro atoms. The summed E-state index contributed by atoms with van der Waals surface area (Å²) in [6.45, 7) is 2.59. The lowest BCUT2D eigenvalue weighted by molar-refractivity contribution is 0.319. The monoisotopic (exact) mass is 328 g/mol. The van der Waals surface area contributed by atoms with E-state index in [9.17, 15) is 4.39 Å². The van der Waals surface area contributed by atoms with E-state index in [-0.39, 0.29) is 10.0 Å². The summed E-state index contributed by atoms with van der Waals surface area (Å²) in [7, 11) is 0. The fourth-order valence-electron chi connectivity index (χ4n) is 1.76. The van der Waals surface area contributed by atoms with Crippen LogP contribution >= 0.6 is 23.2 Å². The molecule has 2 aromatic rings. The SMILES string of the molecule is CCCOc1cc(Nc2c(Cl)cc(F)cc2Cl)ccc1N. The van der Waals surface area contributed by atoms with Gasteiger partial charge >= 0.3 is 0 Å². The molecule has 2 aromatic carbocycles. The van der Waals surface area contributed by atoms with Gasteiger partial charge in [-0.1, -0.05) is 30.1 Å². The number of nitrogens with one attached hydrogen (secondary N) is 1. The Morgan fingerprint density at radius 3 is 2.48 bits per heavy atom. The van der Waals surface area contributed by atoms with Gasteiger partial charge in [0.25, 0.3) is 0 Å². The largest absolute Gasteiger partial charge is 0.491 e. The van der Waals surface area contributed by atoms with Gasteiger partial charge in [0.05, 0.1) is 28.0 Å². The molecule has 2 rings (SSSR count). The maximum absolute atomic E-state index is 13.2. The van der Waals surface area contributed by atoms with Crippen molar-refractivity contribution >= 4 is 40.3 Å². The second-order valence-electron chi connectivity index (χ2n) is 4.47. The Kier molecular flexibility index (Phi) is 5.15. The highest BCUT2D eigenvalue weighted by molar-refractivity contribution is 6.39. The molecule has 0 unspecified atom stereocenters. The number of rotatable bonds is 5. The quantitative estimate of drug-likeness (QED) is 0.737. The minimum Gasteiger partial charge on any atom is -0.491 e. The van der Waals surface area contributed by atoms with Gasteiger partial charge in [0.2, 0.25) is 0 Å². The predicted molar refractivity (Wildman–Crippen MR) is 86.3 cm³/mol. The molecular formula is C15H15Cl2FN2O. The molecule has 6 heteroatoms. The average Bonchev–Trinajstić information content (AvgIpc) is 2.43. The Balaban J connectivity index is 2.28. The summed E-state index contributed by atoms with van der Waals surface area (Å²) in [6.07, 6.45) is 0.882. The standard InChI is InChI=1S/C15H15Cl2FN2O/c1-2-5-21-14-8-10(3-4-13(14)19)20-15-11(16)6-9(18)7-12(15)17/h3-4,6-8,20H,2,5,19H2,1H3. The molecule has 0 saturated carbocycles. The number of nitrogen functional groups attached to an aromatic ring is 1. The van der Waals surface area contributed by atoms with Gasteiger partial charge in [-0.15, -0.1) is 0 Å². The van der Waals surface area contributed by atoms with E-state index < -0.39 is 5.82 Å². The number of halogens is 3. The lowest BCUT2D eigenvalue weighted by Crippen LogP contribution is -2.00. The van der Waals surface area contributed by atoms with Crippen LogP contribution in [-0.2, 0) is 0 Å². The van der Waals surface area contributed by atoms with Crippen molar-refractivity contribution in [1.29, 1.82) is 0 Å². The molecule has 3 nitrogen and oxygen atoms in total. The van der Waals surface area contributed by atoms with Crippen molar-refractivity contribution < 1.29 is 9.13 Å². The molecule has 0 fully saturated rings. The minimum atomic E-state index is -0.486. The molecule has 21 heavy (non-hydrogen) atoms. The predicted octanol–water partition coefficient (Wildman–Crippen LogP) is 5.25. The van der Waals surface area contributed by atoms with Crippen molar-refractivity contribution in [2.75, 3.05) is 17.7 Å². The van der Waals surface area contributed by atoms with E-state index in [1.165, 1.54) is 12.1 Å². The van der Waals surface area contributed by atoms with E-state index in [0.717, 1.165) is 6.42 Å². The smallest absolute Gasteiger partial charge is 0.144 e. The Morgan fingerprint density at radius 1 is 1.19 bits per heavy atom. The van der Waals surface area contributed by atoms with Crippen LogP contribution in [0.25, 0.3) is 0 Å². The van der Waals surface area contributed by atoms with Crippen LogP contribution < -0.4 is 15.8 Å². The third kappa shape index (κ3) is 3.93. The molecular weight excluding hydrogens is 314 g/mol. The number of benzene rings is 2. The van der Waals surface area contributed by atoms with Crippen LogP contribution in [0, 0.1) is 5.82 Å². The molecule has 0 bridgehead atoms. The molecule has 0 heterocycles. The van der Waals surface area contributed by atoms with Crippen molar-refractivity contribution in [3.05, 3.63) is 46.2 Å². The Hall–Kier alpha value is -1.65. The van der Waals surface area contributed by atoms with Crippen LogP contribution in [0.2, 0.25) is 10.0 Å². The summed E-state index contributed by atoms with van der Waals surface area (Å²) in [4.78, 5) is 0. The fourth-order valence-corrected chi connectivity index (χ4v) is 2.31.